The van der Waals surface area contributed by atoms with Gasteiger partial charge in [0.2, 0.25) is 15.9 Å². The lowest BCUT2D eigenvalue weighted by molar-refractivity contribution is -0.116. The summed E-state index contributed by atoms with van der Waals surface area (Å²) in [6.07, 6.45) is 0.679. The predicted octanol–water partition coefficient (Wildman–Crippen LogP) is 2.31. The number of rotatable bonds is 4. The maximum absolute atomic E-state index is 12.5. The summed E-state index contributed by atoms with van der Waals surface area (Å²) in [6.45, 7) is 9.30. The second kappa shape index (κ2) is 6.01. The van der Waals surface area contributed by atoms with Crippen molar-refractivity contribution in [3.05, 3.63) is 23.8 Å². The molecule has 1 amide bonds. The van der Waals surface area contributed by atoms with E-state index in [-0.39, 0.29) is 28.8 Å². The first-order valence-corrected chi connectivity index (χ1v) is 9.07. The second-order valence-electron chi connectivity index (χ2n) is 6.39. The smallest absolute Gasteiger partial charge is 0.240 e. The first kappa shape index (κ1) is 17.0. The van der Waals surface area contributed by atoms with E-state index >= 15 is 0 Å². The van der Waals surface area contributed by atoms with Gasteiger partial charge in [0.25, 0.3) is 0 Å². The maximum Gasteiger partial charge on any atom is 0.240 e. The Bertz CT molecular complexity index is 683. The van der Waals surface area contributed by atoms with Gasteiger partial charge in [-0.3, -0.25) is 4.79 Å². The zero-order valence-corrected chi connectivity index (χ0v) is 14.6. The summed E-state index contributed by atoms with van der Waals surface area (Å²) in [5.41, 5.74) is 1.72. The third kappa shape index (κ3) is 3.17. The lowest BCUT2D eigenvalue weighted by Gasteiger charge is -2.21. The van der Waals surface area contributed by atoms with Crippen molar-refractivity contribution in [2.75, 3.05) is 4.90 Å². The minimum Gasteiger partial charge on any atom is -0.309 e. The molecule has 2 atom stereocenters. The fourth-order valence-corrected chi connectivity index (χ4v) is 4.15. The highest BCUT2D eigenvalue weighted by atomic mass is 32.2. The van der Waals surface area contributed by atoms with E-state index in [1.807, 2.05) is 27.7 Å². The number of amides is 1. The van der Waals surface area contributed by atoms with Crippen molar-refractivity contribution >= 4 is 21.6 Å². The van der Waals surface area contributed by atoms with Gasteiger partial charge < -0.3 is 4.90 Å². The van der Waals surface area contributed by atoms with Gasteiger partial charge in [-0.1, -0.05) is 13.8 Å². The van der Waals surface area contributed by atoms with E-state index in [1.165, 1.54) is 6.92 Å². The van der Waals surface area contributed by atoms with Crippen molar-refractivity contribution in [1.29, 1.82) is 0 Å². The lowest BCUT2D eigenvalue weighted by Crippen LogP contribution is -2.36. The molecule has 1 aromatic rings. The van der Waals surface area contributed by atoms with Crippen LogP contribution >= 0.6 is 0 Å². The summed E-state index contributed by atoms with van der Waals surface area (Å²) >= 11 is 0. The van der Waals surface area contributed by atoms with E-state index in [9.17, 15) is 13.2 Å². The summed E-state index contributed by atoms with van der Waals surface area (Å²) in [5, 5.41) is 0. The van der Waals surface area contributed by atoms with Gasteiger partial charge in [-0.05, 0) is 49.9 Å². The molecule has 0 radical (unpaired) electrons. The number of hydrogen-bond acceptors (Lipinski definition) is 3. The van der Waals surface area contributed by atoms with Crippen LogP contribution in [0, 0.1) is 5.92 Å². The average molecular weight is 324 g/mol. The molecule has 122 valence electrons. The summed E-state index contributed by atoms with van der Waals surface area (Å²) in [7, 11) is -3.53. The van der Waals surface area contributed by atoms with Gasteiger partial charge in [-0.25, -0.2) is 13.1 Å². The number of fused-ring (bicyclic) bond motifs is 1. The van der Waals surface area contributed by atoms with E-state index in [2.05, 4.69) is 4.72 Å². The molecule has 1 N–H and O–H groups in total. The van der Waals surface area contributed by atoms with Crippen molar-refractivity contribution in [2.24, 2.45) is 5.92 Å². The molecular formula is C16H24N2O3S. The minimum absolute atomic E-state index is 0.0200. The molecule has 6 heteroatoms. The maximum atomic E-state index is 12.5. The van der Waals surface area contributed by atoms with Crippen molar-refractivity contribution in [1.82, 2.24) is 4.72 Å². The number of benzene rings is 1. The Hall–Kier alpha value is -1.40. The van der Waals surface area contributed by atoms with Gasteiger partial charge in [0.15, 0.2) is 0 Å². The number of nitrogens with zero attached hydrogens (tertiary/aromatic N) is 1. The van der Waals surface area contributed by atoms with Crippen LogP contribution in [-0.2, 0) is 21.2 Å². The molecule has 0 bridgehead atoms. The molecule has 1 heterocycles. The molecule has 2 unspecified atom stereocenters. The molecule has 1 aliphatic rings. The third-order valence-electron chi connectivity index (χ3n) is 4.26. The van der Waals surface area contributed by atoms with Crippen molar-refractivity contribution < 1.29 is 13.2 Å². The summed E-state index contributed by atoms with van der Waals surface area (Å²) in [6, 6.07) is 4.92. The van der Waals surface area contributed by atoms with Crippen molar-refractivity contribution in [2.45, 2.75) is 58.0 Å². The number of nitrogens with one attached hydrogen (secondary N) is 1. The molecular weight excluding hydrogens is 300 g/mol. The van der Waals surface area contributed by atoms with Gasteiger partial charge in [-0.15, -0.1) is 0 Å². The van der Waals surface area contributed by atoms with Crippen LogP contribution in [0.4, 0.5) is 5.69 Å². The molecule has 0 spiro atoms. The molecule has 0 aromatic heterocycles. The number of anilines is 1. The summed E-state index contributed by atoms with van der Waals surface area (Å²) < 4.78 is 27.6. The molecule has 22 heavy (non-hydrogen) atoms. The SMILES string of the molecule is CC(=O)N1c2ccc(S(=O)(=O)NC(C)C(C)C)cc2CC1C. The van der Waals surface area contributed by atoms with E-state index in [1.54, 1.807) is 23.1 Å². The van der Waals surface area contributed by atoms with Gasteiger partial charge in [-0.2, -0.15) is 0 Å². The Morgan fingerprint density at radius 2 is 1.95 bits per heavy atom. The number of sulfonamides is 1. The van der Waals surface area contributed by atoms with Crippen LogP contribution in [0.1, 0.15) is 40.2 Å². The first-order valence-electron chi connectivity index (χ1n) is 7.58. The molecule has 0 aliphatic carbocycles. The fraction of sp³-hybridized carbons (Fsp3) is 0.562. The highest BCUT2D eigenvalue weighted by Gasteiger charge is 2.30. The summed E-state index contributed by atoms with van der Waals surface area (Å²) in [5.74, 6) is 0.200. The minimum atomic E-state index is -3.53. The van der Waals surface area contributed by atoms with Crippen LogP contribution < -0.4 is 9.62 Å². The van der Waals surface area contributed by atoms with E-state index in [4.69, 9.17) is 0 Å². The average Bonchev–Trinajstić information content (AvgIpc) is 2.72. The number of carbonyl (C=O) groups is 1. The van der Waals surface area contributed by atoms with Crippen molar-refractivity contribution in [3.63, 3.8) is 0 Å². The van der Waals surface area contributed by atoms with Gasteiger partial charge in [0.1, 0.15) is 0 Å². The number of carbonyl (C=O) groups excluding carboxylic acids is 1. The van der Waals surface area contributed by atoms with E-state index in [0.29, 0.717) is 6.42 Å². The zero-order valence-electron chi connectivity index (χ0n) is 13.8. The Morgan fingerprint density at radius 1 is 1.32 bits per heavy atom. The van der Waals surface area contributed by atoms with Crippen LogP contribution in [0.2, 0.25) is 0 Å². The summed E-state index contributed by atoms with van der Waals surface area (Å²) in [4.78, 5) is 13.7. The Morgan fingerprint density at radius 3 is 2.50 bits per heavy atom. The highest BCUT2D eigenvalue weighted by Crippen LogP contribution is 2.33. The van der Waals surface area contributed by atoms with Crippen molar-refractivity contribution in [3.8, 4) is 0 Å². The standard InChI is InChI=1S/C16H24N2O3S/c1-10(2)12(4)17-22(20,21)15-6-7-16-14(9-15)8-11(3)18(16)13(5)19/h6-7,9-12,17H,8H2,1-5H3. The molecule has 0 saturated heterocycles. The second-order valence-corrected chi connectivity index (χ2v) is 8.10. The molecule has 0 fully saturated rings. The molecule has 0 saturated carbocycles. The van der Waals surface area contributed by atoms with Gasteiger partial charge >= 0.3 is 0 Å². The zero-order chi connectivity index (χ0) is 16.7. The molecule has 1 aliphatic heterocycles. The molecule has 1 aromatic carbocycles. The van der Waals surface area contributed by atoms with E-state index in [0.717, 1.165) is 11.3 Å². The van der Waals surface area contributed by atoms with Crippen LogP contribution in [0.5, 0.6) is 0 Å². The first-order chi connectivity index (χ1) is 10.1. The Labute approximate surface area is 132 Å². The predicted molar refractivity (Wildman–Crippen MR) is 87.4 cm³/mol. The highest BCUT2D eigenvalue weighted by molar-refractivity contribution is 7.89. The quantitative estimate of drug-likeness (QED) is 0.924. The van der Waals surface area contributed by atoms with Crippen LogP contribution in [0.25, 0.3) is 0 Å². The fourth-order valence-electron chi connectivity index (χ4n) is 2.70. The van der Waals surface area contributed by atoms with Crippen LogP contribution in [-0.4, -0.2) is 26.4 Å². The Kier molecular flexibility index (Phi) is 4.63. The van der Waals surface area contributed by atoms with E-state index < -0.39 is 10.0 Å². The largest absolute Gasteiger partial charge is 0.309 e. The van der Waals surface area contributed by atoms with Gasteiger partial charge in [0, 0.05) is 24.7 Å². The topological polar surface area (TPSA) is 66.5 Å². The van der Waals surface area contributed by atoms with Gasteiger partial charge in [0.05, 0.1) is 4.90 Å². The molecule has 2 rings (SSSR count). The normalized spacial score (nSPS) is 19.4. The third-order valence-corrected chi connectivity index (χ3v) is 5.81. The van der Waals surface area contributed by atoms with Crippen LogP contribution in [0.15, 0.2) is 23.1 Å². The lowest BCUT2D eigenvalue weighted by atomic mass is 10.1. The Balaban J connectivity index is 2.34. The molecule has 5 nitrogen and oxygen atoms in total. The monoisotopic (exact) mass is 324 g/mol. The number of hydrogen-bond donors (Lipinski definition) is 1. The van der Waals surface area contributed by atoms with Crippen LogP contribution in [0.3, 0.4) is 0 Å².